The van der Waals surface area contributed by atoms with Gasteiger partial charge in [0.2, 0.25) is 0 Å². The lowest BCUT2D eigenvalue weighted by Gasteiger charge is -2.18. The number of hydrogen-bond acceptors (Lipinski definition) is 3. The van der Waals surface area contributed by atoms with E-state index in [-0.39, 0.29) is 11.5 Å². The number of aromatic hydroxyl groups is 2. The highest BCUT2D eigenvalue weighted by atomic mass is 16.3. The third-order valence-electron chi connectivity index (χ3n) is 3.98. The maximum atomic E-state index is 9.86. The van der Waals surface area contributed by atoms with E-state index in [2.05, 4.69) is 29.2 Å². The number of hydrogen-bond donors (Lipinski definition) is 2. The second-order valence-corrected chi connectivity index (χ2v) is 5.45. The van der Waals surface area contributed by atoms with Crippen molar-refractivity contribution in [2.75, 3.05) is 18.0 Å². The van der Waals surface area contributed by atoms with E-state index in [1.807, 2.05) is 12.1 Å². The summed E-state index contributed by atoms with van der Waals surface area (Å²) in [6.07, 6.45) is 1.99. The number of phenolic OH excluding ortho intramolecular Hbond substituents is 2. The Labute approximate surface area is 119 Å². The molecule has 2 aromatic rings. The minimum absolute atomic E-state index is 0.114. The summed E-state index contributed by atoms with van der Waals surface area (Å²) in [7, 11) is 0. The van der Waals surface area contributed by atoms with Gasteiger partial charge in [-0.1, -0.05) is 24.3 Å². The molecule has 1 fully saturated rings. The summed E-state index contributed by atoms with van der Waals surface area (Å²) >= 11 is 0. The van der Waals surface area contributed by atoms with Gasteiger partial charge in [-0.15, -0.1) is 0 Å². The third kappa shape index (κ3) is 2.72. The van der Waals surface area contributed by atoms with Crippen LogP contribution in [0.1, 0.15) is 12.0 Å². The zero-order valence-corrected chi connectivity index (χ0v) is 11.4. The van der Waals surface area contributed by atoms with Gasteiger partial charge >= 0.3 is 0 Å². The number of para-hydroxylation sites is 1. The summed E-state index contributed by atoms with van der Waals surface area (Å²) in [6.45, 7) is 2.08. The van der Waals surface area contributed by atoms with Crippen LogP contribution in [0.15, 0.2) is 48.5 Å². The summed E-state index contributed by atoms with van der Waals surface area (Å²) in [5.41, 5.74) is 2.19. The highest BCUT2D eigenvalue weighted by Gasteiger charge is 2.23. The third-order valence-corrected chi connectivity index (χ3v) is 3.98. The second-order valence-electron chi connectivity index (χ2n) is 5.45. The van der Waals surface area contributed by atoms with Crippen LogP contribution in [0.5, 0.6) is 11.5 Å². The Morgan fingerprint density at radius 1 is 1.05 bits per heavy atom. The number of benzene rings is 2. The monoisotopic (exact) mass is 269 g/mol. The molecule has 0 saturated carbocycles. The lowest BCUT2D eigenvalue weighted by molar-refractivity contribution is 0.441. The van der Waals surface area contributed by atoms with Crippen LogP contribution in [-0.2, 0) is 6.42 Å². The zero-order valence-electron chi connectivity index (χ0n) is 11.4. The molecular weight excluding hydrogens is 250 g/mol. The van der Waals surface area contributed by atoms with Crippen molar-refractivity contribution >= 4 is 5.69 Å². The van der Waals surface area contributed by atoms with E-state index in [1.165, 1.54) is 11.8 Å². The maximum Gasteiger partial charge on any atom is 0.122 e. The van der Waals surface area contributed by atoms with Gasteiger partial charge in [-0.2, -0.15) is 0 Å². The smallest absolute Gasteiger partial charge is 0.122 e. The number of nitrogens with zero attached hydrogens (tertiary/aromatic N) is 1. The molecule has 0 bridgehead atoms. The fraction of sp³-hybridized carbons (Fsp3) is 0.294. The molecule has 2 aromatic carbocycles. The molecule has 0 radical (unpaired) electrons. The maximum absolute atomic E-state index is 9.86. The van der Waals surface area contributed by atoms with Gasteiger partial charge in [-0.25, -0.2) is 0 Å². The standard InChI is InChI=1S/C17H19NO2/c19-16-7-6-14(17(20)11-16)10-13-8-9-18(12-13)15-4-2-1-3-5-15/h1-7,11,13,19-20H,8-10,12H2. The van der Waals surface area contributed by atoms with Crippen molar-refractivity contribution in [2.24, 2.45) is 5.92 Å². The van der Waals surface area contributed by atoms with Crippen molar-refractivity contribution < 1.29 is 10.2 Å². The summed E-state index contributed by atoms with van der Waals surface area (Å²) in [4.78, 5) is 2.39. The lowest BCUT2D eigenvalue weighted by atomic mass is 9.98. The fourth-order valence-electron chi connectivity index (χ4n) is 2.91. The first-order valence-electron chi connectivity index (χ1n) is 7.03. The molecule has 0 amide bonds. The Kier molecular flexibility index (Phi) is 3.50. The summed E-state index contributed by atoms with van der Waals surface area (Å²) < 4.78 is 0. The fourth-order valence-corrected chi connectivity index (χ4v) is 2.91. The molecule has 20 heavy (non-hydrogen) atoms. The lowest BCUT2D eigenvalue weighted by Crippen LogP contribution is -2.19. The number of rotatable bonds is 3. The van der Waals surface area contributed by atoms with Crippen molar-refractivity contribution in [3.05, 3.63) is 54.1 Å². The van der Waals surface area contributed by atoms with E-state index in [9.17, 15) is 10.2 Å². The molecule has 3 heteroatoms. The molecule has 1 heterocycles. The van der Waals surface area contributed by atoms with E-state index in [0.717, 1.165) is 31.5 Å². The predicted octanol–water partition coefficient (Wildman–Crippen LogP) is 3.17. The Morgan fingerprint density at radius 2 is 1.85 bits per heavy atom. The molecule has 1 aliphatic rings. The summed E-state index contributed by atoms with van der Waals surface area (Å²) in [5.74, 6) is 0.859. The van der Waals surface area contributed by atoms with Crippen LogP contribution in [0, 0.1) is 5.92 Å². The van der Waals surface area contributed by atoms with Crippen molar-refractivity contribution in [1.82, 2.24) is 0 Å². The van der Waals surface area contributed by atoms with Gasteiger partial charge < -0.3 is 15.1 Å². The molecule has 104 valence electrons. The number of phenols is 2. The molecule has 3 rings (SSSR count). The minimum atomic E-state index is 0.114. The van der Waals surface area contributed by atoms with Crippen LogP contribution in [0.4, 0.5) is 5.69 Å². The minimum Gasteiger partial charge on any atom is -0.508 e. The molecule has 2 N–H and O–H groups in total. The Balaban J connectivity index is 1.66. The van der Waals surface area contributed by atoms with E-state index >= 15 is 0 Å². The topological polar surface area (TPSA) is 43.7 Å². The average Bonchev–Trinajstić information content (AvgIpc) is 2.92. The van der Waals surface area contributed by atoms with Crippen LogP contribution in [0.3, 0.4) is 0 Å². The van der Waals surface area contributed by atoms with Crippen LogP contribution >= 0.6 is 0 Å². The van der Waals surface area contributed by atoms with E-state index in [4.69, 9.17) is 0 Å². The summed E-state index contributed by atoms with van der Waals surface area (Å²) in [5, 5.41) is 19.2. The SMILES string of the molecule is Oc1ccc(CC2CCN(c3ccccc3)C2)c(O)c1. The van der Waals surface area contributed by atoms with Crippen molar-refractivity contribution in [1.29, 1.82) is 0 Å². The predicted molar refractivity (Wildman–Crippen MR) is 80.2 cm³/mol. The van der Waals surface area contributed by atoms with Crippen molar-refractivity contribution in [2.45, 2.75) is 12.8 Å². The van der Waals surface area contributed by atoms with Crippen molar-refractivity contribution in [3.8, 4) is 11.5 Å². The first-order valence-corrected chi connectivity index (χ1v) is 7.03. The van der Waals surface area contributed by atoms with Gasteiger partial charge in [0.1, 0.15) is 11.5 Å². The number of anilines is 1. The first-order chi connectivity index (χ1) is 9.72. The molecule has 3 nitrogen and oxygen atoms in total. The van der Waals surface area contributed by atoms with Crippen LogP contribution < -0.4 is 4.90 Å². The van der Waals surface area contributed by atoms with Gasteiger partial charge in [-0.05, 0) is 42.5 Å². The molecular formula is C17H19NO2. The molecule has 0 aliphatic carbocycles. The van der Waals surface area contributed by atoms with Gasteiger partial charge in [0.25, 0.3) is 0 Å². The zero-order chi connectivity index (χ0) is 13.9. The Bertz CT molecular complexity index is 583. The second kappa shape index (κ2) is 5.45. The molecule has 0 spiro atoms. The Hall–Kier alpha value is -2.16. The highest BCUT2D eigenvalue weighted by Crippen LogP contribution is 2.30. The first kappa shape index (κ1) is 12.9. The molecule has 1 aliphatic heterocycles. The van der Waals surface area contributed by atoms with Gasteiger partial charge in [0.15, 0.2) is 0 Å². The van der Waals surface area contributed by atoms with Crippen molar-refractivity contribution in [3.63, 3.8) is 0 Å². The molecule has 1 atom stereocenters. The van der Waals surface area contributed by atoms with Gasteiger partial charge in [-0.3, -0.25) is 0 Å². The van der Waals surface area contributed by atoms with Gasteiger partial charge in [0.05, 0.1) is 0 Å². The van der Waals surface area contributed by atoms with E-state index in [0.29, 0.717) is 5.92 Å². The largest absolute Gasteiger partial charge is 0.508 e. The normalized spacial score (nSPS) is 18.4. The molecule has 1 unspecified atom stereocenters. The average molecular weight is 269 g/mol. The quantitative estimate of drug-likeness (QED) is 0.899. The highest BCUT2D eigenvalue weighted by molar-refractivity contribution is 5.47. The molecule has 0 aromatic heterocycles. The van der Waals surface area contributed by atoms with Crippen LogP contribution in [-0.4, -0.2) is 23.3 Å². The Morgan fingerprint density at radius 3 is 2.60 bits per heavy atom. The van der Waals surface area contributed by atoms with Crippen LogP contribution in [0.25, 0.3) is 0 Å². The van der Waals surface area contributed by atoms with Crippen LogP contribution in [0.2, 0.25) is 0 Å². The van der Waals surface area contributed by atoms with E-state index in [1.54, 1.807) is 6.07 Å². The van der Waals surface area contributed by atoms with E-state index < -0.39 is 0 Å². The molecule has 1 saturated heterocycles. The summed E-state index contributed by atoms with van der Waals surface area (Å²) in [6, 6.07) is 15.3. The van der Waals surface area contributed by atoms with Gasteiger partial charge in [0, 0.05) is 24.8 Å².